The Labute approximate surface area is 223 Å². The summed E-state index contributed by atoms with van der Waals surface area (Å²) >= 11 is 14.9. The zero-order valence-electron chi connectivity index (χ0n) is 18.3. The summed E-state index contributed by atoms with van der Waals surface area (Å²) in [6.07, 6.45) is 3.78. The van der Waals surface area contributed by atoms with Crippen LogP contribution in [-0.4, -0.2) is 31.4 Å². The minimum Gasteiger partial charge on any atom is -0.461 e. The maximum absolute atomic E-state index is 13.5. The maximum Gasteiger partial charge on any atom is 0.236 e. The highest BCUT2D eigenvalue weighted by atomic mass is 35.5. The lowest BCUT2D eigenvalue weighted by atomic mass is 10.1. The number of hydrogen-bond donors (Lipinski definition) is 1. The van der Waals surface area contributed by atoms with E-state index in [-0.39, 0.29) is 17.5 Å². The van der Waals surface area contributed by atoms with Gasteiger partial charge in [-0.25, -0.2) is 9.37 Å². The van der Waals surface area contributed by atoms with Crippen LogP contribution in [0.25, 0.3) is 17.3 Å². The Bertz CT molecular complexity index is 1500. The molecule has 0 aliphatic heterocycles. The largest absolute Gasteiger partial charge is 0.461 e. The summed E-state index contributed by atoms with van der Waals surface area (Å²) in [4.78, 5) is 17.9. The lowest BCUT2D eigenvalue weighted by Crippen LogP contribution is -2.14. The van der Waals surface area contributed by atoms with Gasteiger partial charge in [-0.05, 0) is 60.2 Å². The number of furan rings is 1. The van der Waals surface area contributed by atoms with Gasteiger partial charge in [-0.1, -0.05) is 35.0 Å². The van der Waals surface area contributed by atoms with E-state index in [1.165, 1.54) is 41.5 Å². The summed E-state index contributed by atoms with van der Waals surface area (Å²) in [5, 5.41) is 13.4. The molecule has 0 saturated carbocycles. The first-order chi connectivity index (χ1) is 17.5. The van der Waals surface area contributed by atoms with Gasteiger partial charge in [-0.3, -0.25) is 9.36 Å². The van der Waals surface area contributed by atoms with Crippen LogP contribution in [0.1, 0.15) is 10.4 Å². The Hall–Kier alpha value is -3.18. The molecule has 1 amide bonds. The van der Waals surface area contributed by atoms with E-state index in [0.717, 1.165) is 10.4 Å². The van der Waals surface area contributed by atoms with E-state index in [1.54, 1.807) is 47.2 Å². The molecule has 5 aromatic rings. The fraction of sp³-hybridized carbons (Fsp3) is 0.0833. The fourth-order valence-electron chi connectivity index (χ4n) is 3.35. The molecule has 0 aliphatic rings. The first-order valence-electron chi connectivity index (χ1n) is 10.5. The Kier molecular flexibility index (Phi) is 7.38. The lowest BCUT2D eigenvalue weighted by Gasteiger charge is -2.09. The third-order valence-electron chi connectivity index (χ3n) is 4.96. The van der Waals surface area contributed by atoms with E-state index in [0.29, 0.717) is 44.0 Å². The Morgan fingerprint density at radius 1 is 1.14 bits per heavy atom. The zero-order chi connectivity index (χ0) is 25.1. The molecular weight excluding hydrogens is 544 g/mol. The van der Waals surface area contributed by atoms with E-state index in [1.807, 2.05) is 6.07 Å². The predicted molar refractivity (Wildman–Crippen MR) is 140 cm³/mol. The summed E-state index contributed by atoms with van der Waals surface area (Å²) in [6.45, 7) is 0. The van der Waals surface area contributed by atoms with Crippen molar-refractivity contribution in [2.45, 2.75) is 11.6 Å². The monoisotopic (exact) mass is 559 g/mol. The highest BCUT2D eigenvalue weighted by Gasteiger charge is 2.19. The Morgan fingerprint density at radius 2 is 1.97 bits per heavy atom. The van der Waals surface area contributed by atoms with Crippen molar-refractivity contribution in [3.05, 3.63) is 93.4 Å². The van der Waals surface area contributed by atoms with Crippen LogP contribution in [0.4, 0.5) is 9.52 Å². The molecule has 36 heavy (non-hydrogen) atoms. The number of amides is 1. The van der Waals surface area contributed by atoms with Gasteiger partial charge in [0.25, 0.3) is 0 Å². The first kappa shape index (κ1) is 24.5. The van der Waals surface area contributed by atoms with Gasteiger partial charge in [-0.15, -0.1) is 21.5 Å². The molecule has 0 fully saturated rings. The van der Waals surface area contributed by atoms with Crippen molar-refractivity contribution in [2.75, 3.05) is 11.1 Å². The van der Waals surface area contributed by atoms with Crippen molar-refractivity contribution in [2.24, 2.45) is 0 Å². The van der Waals surface area contributed by atoms with Gasteiger partial charge in [-0.2, -0.15) is 0 Å². The molecule has 0 aliphatic carbocycles. The first-order valence-corrected chi connectivity index (χ1v) is 13.1. The van der Waals surface area contributed by atoms with Crippen molar-refractivity contribution in [1.82, 2.24) is 19.7 Å². The maximum atomic E-state index is 13.5. The third-order valence-corrected chi connectivity index (χ3v) is 7.41. The minimum absolute atomic E-state index is 0.0620. The molecule has 0 unspecified atom stereocenters. The number of thiazole rings is 1. The van der Waals surface area contributed by atoms with Crippen molar-refractivity contribution < 1.29 is 13.6 Å². The minimum atomic E-state index is -0.361. The average molecular weight is 560 g/mol. The van der Waals surface area contributed by atoms with Gasteiger partial charge in [0.05, 0.1) is 17.7 Å². The number of benzene rings is 2. The Balaban J connectivity index is 1.27. The number of anilines is 1. The number of nitrogens with zero attached hydrogens (tertiary/aromatic N) is 4. The number of thioether (sulfide) groups is 1. The van der Waals surface area contributed by atoms with E-state index >= 15 is 0 Å². The van der Waals surface area contributed by atoms with Crippen LogP contribution < -0.4 is 5.32 Å². The van der Waals surface area contributed by atoms with Crippen LogP contribution in [0.15, 0.2) is 76.6 Å². The molecule has 2 aromatic carbocycles. The standard InChI is InChI=1S/C24H16Cl2FN5O2S2/c25-15-3-8-19(26)14(10-15)11-18-12-28-23(36-18)29-21(33)13-35-24-31-30-22(20-2-1-9-34-20)32(24)17-6-4-16(27)5-7-17/h1-10,12H,11,13H2,(H,28,29,33). The molecule has 5 rings (SSSR count). The summed E-state index contributed by atoms with van der Waals surface area (Å²) in [6, 6.07) is 14.7. The van der Waals surface area contributed by atoms with Crippen LogP contribution in [0.3, 0.4) is 0 Å². The van der Waals surface area contributed by atoms with Gasteiger partial charge in [0.1, 0.15) is 5.82 Å². The molecule has 12 heteroatoms. The van der Waals surface area contributed by atoms with Crippen LogP contribution in [-0.2, 0) is 11.2 Å². The molecule has 0 radical (unpaired) electrons. The van der Waals surface area contributed by atoms with Crippen molar-refractivity contribution in [3.63, 3.8) is 0 Å². The number of nitrogens with one attached hydrogen (secondary N) is 1. The zero-order valence-corrected chi connectivity index (χ0v) is 21.5. The van der Waals surface area contributed by atoms with Crippen molar-refractivity contribution in [1.29, 1.82) is 0 Å². The van der Waals surface area contributed by atoms with E-state index < -0.39 is 0 Å². The number of hydrogen-bond acceptors (Lipinski definition) is 7. The summed E-state index contributed by atoms with van der Waals surface area (Å²) in [5.41, 5.74) is 1.52. The number of carbonyl (C=O) groups is 1. The predicted octanol–water partition coefficient (Wildman–Crippen LogP) is 6.75. The SMILES string of the molecule is O=C(CSc1nnc(-c2ccco2)n1-c1ccc(F)cc1)Nc1ncc(Cc2cc(Cl)ccc2Cl)s1. The molecule has 182 valence electrons. The van der Waals surface area contributed by atoms with Gasteiger partial charge in [0.15, 0.2) is 16.0 Å². The molecular formula is C24H16Cl2FN5O2S2. The Morgan fingerprint density at radius 3 is 2.75 bits per heavy atom. The molecule has 0 bridgehead atoms. The highest BCUT2D eigenvalue weighted by molar-refractivity contribution is 7.99. The second-order valence-electron chi connectivity index (χ2n) is 7.48. The van der Waals surface area contributed by atoms with Crippen LogP contribution in [0.5, 0.6) is 0 Å². The average Bonchev–Trinajstić information content (AvgIpc) is 3.62. The van der Waals surface area contributed by atoms with Crippen molar-refractivity contribution >= 4 is 57.3 Å². The second-order valence-corrected chi connectivity index (χ2v) is 10.4. The summed E-state index contributed by atoms with van der Waals surface area (Å²) < 4.78 is 20.7. The molecule has 1 N–H and O–H groups in total. The molecule has 0 spiro atoms. The summed E-state index contributed by atoms with van der Waals surface area (Å²) in [7, 11) is 0. The van der Waals surface area contributed by atoms with Gasteiger partial charge in [0, 0.05) is 27.5 Å². The molecule has 3 heterocycles. The second kappa shape index (κ2) is 10.8. The summed E-state index contributed by atoms with van der Waals surface area (Å²) in [5.74, 6) is 0.388. The molecule has 3 aromatic heterocycles. The van der Waals surface area contributed by atoms with Crippen LogP contribution in [0, 0.1) is 5.82 Å². The van der Waals surface area contributed by atoms with Gasteiger partial charge >= 0.3 is 0 Å². The fourth-order valence-corrected chi connectivity index (χ4v) is 5.33. The van der Waals surface area contributed by atoms with Crippen LogP contribution in [0.2, 0.25) is 10.0 Å². The smallest absolute Gasteiger partial charge is 0.236 e. The normalized spacial score (nSPS) is 11.1. The number of halogens is 3. The van der Waals surface area contributed by atoms with Gasteiger partial charge < -0.3 is 9.73 Å². The topological polar surface area (TPSA) is 85.8 Å². The van der Waals surface area contributed by atoms with Crippen molar-refractivity contribution in [3.8, 4) is 17.3 Å². The van der Waals surface area contributed by atoms with E-state index in [4.69, 9.17) is 27.6 Å². The molecule has 7 nitrogen and oxygen atoms in total. The van der Waals surface area contributed by atoms with E-state index in [2.05, 4.69) is 20.5 Å². The number of aromatic nitrogens is 4. The number of carbonyl (C=O) groups excluding carboxylic acids is 1. The highest BCUT2D eigenvalue weighted by Crippen LogP contribution is 2.30. The van der Waals surface area contributed by atoms with Gasteiger partial charge in [0.2, 0.25) is 11.7 Å². The third kappa shape index (κ3) is 5.62. The van der Waals surface area contributed by atoms with Crippen LogP contribution >= 0.6 is 46.3 Å². The molecule has 0 atom stereocenters. The quantitative estimate of drug-likeness (QED) is 0.211. The number of rotatable bonds is 8. The molecule has 0 saturated heterocycles. The lowest BCUT2D eigenvalue weighted by molar-refractivity contribution is -0.113. The van der Waals surface area contributed by atoms with E-state index in [9.17, 15) is 9.18 Å².